The summed E-state index contributed by atoms with van der Waals surface area (Å²) in [7, 11) is 0. The van der Waals surface area contributed by atoms with E-state index in [1.807, 2.05) is 13.8 Å². The van der Waals surface area contributed by atoms with Crippen LogP contribution in [0, 0.1) is 5.92 Å². The second kappa shape index (κ2) is 10.2. The van der Waals surface area contributed by atoms with Crippen LogP contribution in [0.3, 0.4) is 0 Å². The van der Waals surface area contributed by atoms with E-state index in [2.05, 4.69) is 4.98 Å². The zero-order valence-corrected chi connectivity index (χ0v) is 14.6. The summed E-state index contributed by atoms with van der Waals surface area (Å²) in [6, 6.07) is 0. The molecule has 1 heterocycles. The lowest BCUT2D eigenvalue weighted by molar-refractivity contribution is -0.137. The lowest BCUT2D eigenvalue weighted by Gasteiger charge is -2.14. The Morgan fingerprint density at radius 2 is 1.88 bits per heavy atom. The Morgan fingerprint density at radius 3 is 2.50 bits per heavy atom. The molecule has 4 N–H and O–H groups in total. The molecule has 1 atom stereocenters. The maximum Gasteiger partial charge on any atom is 0.328 e. The van der Waals surface area contributed by atoms with Gasteiger partial charge in [0.05, 0.1) is 11.8 Å². The van der Waals surface area contributed by atoms with Crippen LogP contribution in [0.15, 0.2) is 4.79 Å². The molecule has 7 nitrogen and oxygen atoms in total. The highest BCUT2D eigenvalue weighted by Crippen LogP contribution is 2.17. The van der Waals surface area contributed by atoms with Gasteiger partial charge in [-0.2, -0.15) is 0 Å². The summed E-state index contributed by atoms with van der Waals surface area (Å²) in [5, 5.41) is 28.4. The monoisotopic (exact) mass is 342 g/mol. The molecule has 0 radical (unpaired) electrons. The molecule has 1 aromatic rings. The van der Waals surface area contributed by atoms with Crippen LogP contribution in [0.5, 0.6) is 5.88 Å². The van der Waals surface area contributed by atoms with Gasteiger partial charge in [-0.3, -0.25) is 14.3 Å². The molecule has 7 heteroatoms. The highest BCUT2D eigenvalue weighted by molar-refractivity contribution is 5.66. The van der Waals surface area contributed by atoms with Crippen molar-refractivity contribution in [2.75, 3.05) is 0 Å². The highest BCUT2D eigenvalue weighted by Gasteiger charge is 2.15. The Balaban J connectivity index is 2.49. The number of rotatable bonds is 12. The lowest BCUT2D eigenvalue weighted by Crippen LogP contribution is -2.22. The van der Waals surface area contributed by atoms with Gasteiger partial charge in [0.15, 0.2) is 0 Å². The number of aromatic hydroxyl groups is 1. The summed E-state index contributed by atoms with van der Waals surface area (Å²) in [6.07, 6.45) is 4.51. The topological polar surface area (TPSA) is 116 Å². The van der Waals surface area contributed by atoms with Crippen molar-refractivity contribution in [2.45, 2.75) is 77.9 Å². The van der Waals surface area contributed by atoms with Crippen LogP contribution < -0.4 is 5.69 Å². The first-order valence-electron chi connectivity index (χ1n) is 8.71. The summed E-state index contributed by atoms with van der Waals surface area (Å²) in [6.45, 7) is 4.44. The molecule has 1 unspecified atom stereocenters. The zero-order chi connectivity index (χ0) is 18.1. The first-order chi connectivity index (χ1) is 11.3. The van der Waals surface area contributed by atoms with Crippen molar-refractivity contribution in [3.8, 4) is 5.88 Å². The van der Waals surface area contributed by atoms with Gasteiger partial charge in [-0.15, -0.1) is 0 Å². The Hall–Kier alpha value is -1.76. The molecule has 138 valence electrons. The fourth-order valence-corrected chi connectivity index (χ4v) is 2.84. The predicted molar refractivity (Wildman–Crippen MR) is 91.2 cm³/mol. The highest BCUT2D eigenvalue weighted by atomic mass is 16.4. The molecule has 0 amide bonds. The number of aromatic amines is 1. The number of carboxylic acid groups (broad SMARTS) is 1. The van der Waals surface area contributed by atoms with Crippen LogP contribution in [0.4, 0.5) is 0 Å². The molecule has 0 bridgehead atoms. The molecular weight excluding hydrogens is 312 g/mol. The van der Waals surface area contributed by atoms with Gasteiger partial charge in [0.1, 0.15) is 0 Å². The molecule has 0 aliphatic heterocycles. The number of hydrogen-bond donors (Lipinski definition) is 4. The molecule has 0 aromatic carbocycles. The van der Waals surface area contributed by atoms with Gasteiger partial charge in [0.2, 0.25) is 5.88 Å². The van der Waals surface area contributed by atoms with Gasteiger partial charge in [0.25, 0.3) is 0 Å². The SMILES string of the molecule is CC(C)CC(O)CCn1c(CCCCCCC(=O)O)c(O)[nH]c1=O. The molecule has 0 spiro atoms. The van der Waals surface area contributed by atoms with E-state index in [1.165, 1.54) is 4.57 Å². The molecule has 0 saturated heterocycles. The average molecular weight is 342 g/mol. The van der Waals surface area contributed by atoms with Crippen molar-refractivity contribution < 1.29 is 20.1 Å². The molecule has 0 fully saturated rings. The predicted octanol–water partition coefficient (Wildman–Crippen LogP) is 2.26. The standard InChI is InChI=1S/C17H30N2O5/c1-12(2)11-13(20)9-10-19-14(16(23)18-17(19)24)7-5-3-4-6-8-15(21)22/h12-13,20,23H,3-11H2,1-2H3,(H,18,24)(H,21,22). The fraction of sp³-hybridized carbons (Fsp3) is 0.765. The maximum atomic E-state index is 11.9. The number of unbranched alkanes of at least 4 members (excludes halogenated alkanes) is 3. The van der Waals surface area contributed by atoms with Crippen molar-refractivity contribution in [2.24, 2.45) is 5.92 Å². The molecule has 1 rings (SSSR count). The van der Waals surface area contributed by atoms with Crippen LogP contribution in [-0.4, -0.2) is 36.9 Å². The zero-order valence-electron chi connectivity index (χ0n) is 14.6. The third kappa shape index (κ3) is 7.21. The first kappa shape index (κ1) is 20.3. The Labute approximate surface area is 142 Å². The number of nitrogens with one attached hydrogen (secondary N) is 1. The Morgan fingerprint density at radius 1 is 1.21 bits per heavy atom. The van der Waals surface area contributed by atoms with Crippen molar-refractivity contribution in [1.29, 1.82) is 0 Å². The number of aliphatic hydroxyl groups is 1. The van der Waals surface area contributed by atoms with Crippen molar-refractivity contribution >= 4 is 5.97 Å². The largest absolute Gasteiger partial charge is 0.493 e. The van der Waals surface area contributed by atoms with Crippen LogP contribution in [0.25, 0.3) is 0 Å². The quantitative estimate of drug-likeness (QED) is 0.435. The number of aliphatic carboxylic acids is 1. The maximum absolute atomic E-state index is 11.9. The number of carbonyl (C=O) groups is 1. The van der Waals surface area contributed by atoms with Gasteiger partial charge in [0, 0.05) is 13.0 Å². The fourth-order valence-electron chi connectivity index (χ4n) is 2.84. The van der Waals surface area contributed by atoms with Crippen molar-refractivity contribution in [3.63, 3.8) is 0 Å². The number of nitrogens with zero attached hydrogens (tertiary/aromatic N) is 1. The molecule has 0 saturated carbocycles. The minimum absolute atomic E-state index is 0.108. The van der Waals surface area contributed by atoms with Gasteiger partial charge in [-0.05, 0) is 38.0 Å². The lowest BCUT2D eigenvalue weighted by atomic mass is 10.0. The summed E-state index contributed by atoms with van der Waals surface area (Å²) in [5.74, 6) is -0.502. The molecule has 0 aliphatic rings. The van der Waals surface area contributed by atoms with Crippen molar-refractivity contribution in [3.05, 3.63) is 16.2 Å². The minimum atomic E-state index is -0.785. The molecule has 1 aromatic heterocycles. The summed E-state index contributed by atoms with van der Waals surface area (Å²) < 4.78 is 1.50. The van der Waals surface area contributed by atoms with E-state index in [4.69, 9.17) is 5.11 Å². The van der Waals surface area contributed by atoms with Crippen LogP contribution >= 0.6 is 0 Å². The molecule has 0 aliphatic carbocycles. The summed E-state index contributed by atoms with van der Waals surface area (Å²) in [5.41, 5.74) is 0.208. The van der Waals surface area contributed by atoms with E-state index in [9.17, 15) is 19.8 Å². The number of aromatic nitrogens is 2. The van der Waals surface area contributed by atoms with E-state index < -0.39 is 12.1 Å². The number of H-pyrrole nitrogens is 1. The third-order valence-corrected chi connectivity index (χ3v) is 4.05. The van der Waals surface area contributed by atoms with Gasteiger partial charge >= 0.3 is 11.7 Å². The van der Waals surface area contributed by atoms with E-state index >= 15 is 0 Å². The van der Waals surface area contributed by atoms with Crippen LogP contribution in [0.2, 0.25) is 0 Å². The third-order valence-electron chi connectivity index (χ3n) is 4.05. The molecular formula is C17H30N2O5. The van der Waals surface area contributed by atoms with E-state index in [-0.39, 0.29) is 18.0 Å². The van der Waals surface area contributed by atoms with E-state index in [0.717, 1.165) is 19.3 Å². The van der Waals surface area contributed by atoms with Gasteiger partial charge < -0.3 is 15.3 Å². The van der Waals surface area contributed by atoms with Crippen LogP contribution in [0.1, 0.15) is 64.5 Å². The van der Waals surface area contributed by atoms with E-state index in [0.29, 0.717) is 43.8 Å². The number of imidazole rings is 1. The number of hydrogen-bond acceptors (Lipinski definition) is 4. The smallest absolute Gasteiger partial charge is 0.328 e. The van der Waals surface area contributed by atoms with Gasteiger partial charge in [-0.25, -0.2) is 4.79 Å². The summed E-state index contributed by atoms with van der Waals surface area (Å²) in [4.78, 5) is 24.8. The van der Waals surface area contributed by atoms with Crippen molar-refractivity contribution in [1.82, 2.24) is 9.55 Å². The first-order valence-corrected chi connectivity index (χ1v) is 8.71. The molecule has 24 heavy (non-hydrogen) atoms. The number of carboxylic acids is 1. The average Bonchev–Trinajstić information content (AvgIpc) is 2.73. The van der Waals surface area contributed by atoms with E-state index in [1.54, 1.807) is 0 Å². The summed E-state index contributed by atoms with van der Waals surface area (Å²) >= 11 is 0. The normalized spacial score (nSPS) is 12.7. The van der Waals surface area contributed by atoms with Crippen LogP contribution in [-0.2, 0) is 17.8 Å². The Kier molecular flexibility index (Phi) is 8.60. The van der Waals surface area contributed by atoms with Gasteiger partial charge in [-0.1, -0.05) is 26.7 Å². The minimum Gasteiger partial charge on any atom is -0.493 e. The second-order valence-electron chi connectivity index (χ2n) is 6.76. The second-order valence-corrected chi connectivity index (χ2v) is 6.76. The number of aliphatic hydroxyl groups excluding tert-OH is 1. The Bertz CT molecular complexity index is 562.